The quantitative estimate of drug-likeness (QED) is 0.272. The lowest BCUT2D eigenvalue weighted by Gasteiger charge is -2.30. The van der Waals surface area contributed by atoms with Crippen LogP contribution >= 0.6 is 11.3 Å². The zero-order chi connectivity index (χ0) is 34.0. The Morgan fingerprint density at radius 1 is 1.06 bits per heavy atom. The molecular weight excluding hydrogens is 646 g/mol. The van der Waals surface area contributed by atoms with E-state index in [9.17, 15) is 19.2 Å². The van der Waals surface area contributed by atoms with Crippen LogP contribution in [-0.2, 0) is 23.9 Å². The molecule has 49 heavy (non-hydrogen) atoms. The van der Waals surface area contributed by atoms with Crippen molar-refractivity contribution in [1.82, 2.24) is 25.5 Å². The van der Waals surface area contributed by atoms with Crippen LogP contribution in [0.5, 0.6) is 5.75 Å². The van der Waals surface area contributed by atoms with Crippen LogP contribution in [0.2, 0.25) is 0 Å². The maximum absolute atomic E-state index is 14.4. The van der Waals surface area contributed by atoms with E-state index in [4.69, 9.17) is 19.2 Å². The number of ether oxygens (including phenoxy) is 3. The van der Waals surface area contributed by atoms with Crippen LogP contribution in [-0.4, -0.2) is 82.2 Å². The normalized spacial score (nSPS) is 28.1. The van der Waals surface area contributed by atoms with Crippen molar-refractivity contribution in [1.29, 1.82) is 0 Å². The van der Waals surface area contributed by atoms with Gasteiger partial charge in [0.25, 0.3) is 0 Å². The monoisotopic (exact) mass is 687 g/mol. The third-order valence-corrected chi connectivity index (χ3v) is 10.9. The number of fused-ring (bicyclic) bond motifs is 3. The summed E-state index contributed by atoms with van der Waals surface area (Å²) in [5, 5.41) is 7.74. The Labute approximate surface area is 288 Å². The third-order valence-electron chi connectivity index (χ3n) is 10.0. The van der Waals surface area contributed by atoms with E-state index in [1.54, 1.807) is 6.20 Å². The van der Waals surface area contributed by atoms with Crippen molar-refractivity contribution >= 4 is 45.4 Å². The molecule has 2 saturated carbocycles. The number of pyridine rings is 2. The van der Waals surface area contributed by atoms with Gasteiger partial charge in [-0.05, 0) is 68.5 Å². The number of esters is 1. The summed E-state index contributed by atoms with van der Waals surface area (Å²) in [6.45, 7) is 0.107. The second kappa shape index (κ2) is 14.1. The summed E-state index contributed by atoms with van der Waals surface area (Å²) in [7, 11) is 1.31. The Kier molecular flexibility index (Phi) is 9.53. The number of allylic oxidation sites excluding steroid dienone is 1. The second-order valence-corrected chi connectivity index (χ2v) is 14.2. The fraction of sp³-hybridized carbons (Fsp3) is 0.500. The minimum absolute atomic E-state index is 0.107. The lowest BCUT2D eigenvalue weighted by Crippen LogP contribution is -2.56. The van der Waals surface area contributed by atoms with Crippen molar-refractivity contribution in [3.05, 3.63) is 54.1 Å². The van der Waals surface area contributed by atoms with Crippen LogP contribution in [0.3, 0.4) is 0 Å². The molecular formula is C36H41N5O7S. The first-order chi connectivity index (χ1) is 23.8. The van der Waals surface area contributed by atoms with Crippen LogP contribution in [0.1, 0.15) is 64.2 Å². The second-order valence-electron chi connectivity index (χ2n) is 13.3. The first-order valence-corrected chi connectivity index (χ1v) is 18.0. The Balaban J connectivity index is 1.18. The lowest BCUT2D eigenvalue weighted by molar-refractivity contribution is -0.148. The number of rotatable bonds is 6. The molecule has 1 saturated heterocycles. The standard InChI is InChI=1S/C36H41N5O7S/c1-46-34(44)36-20-22(36)10-5-3-2-4-6-14-27(39-35(45)48-23-11-9-12-23)33(43)41-21-24(18-29(41)32(42)40-36)47-30-19-28(25-13-7-8-16-37-25)38-26-15-17-49-31(26)30/h5,7-8,10,13,15-17,19,22-24,27,29H,2-4,6,9,11-12,14,18,20-21H2,1H3,(H,39,45)(H,40,42)/b10-5-/t22-,24-,27+,29+,36-/m1/s1. The Bertz CT molecular complexity index is 1740. The molecule has 3 aromatic rings. The lowest BCUT2D eigenvalue weighted by atomic mass is 9.96. The molecule has 3 fully saturated rings. The third kappa shape index (κ3) is 6.99. The molecule has 2 aliphatic carbocycles. The minimum atomic E-state index is -1.19. The molecule has 3 aromatic heterocycles. The number of thiophene rings is 1. The van der Waals surface area contributed by atoms with Gasteiger partial charge in [-0.3, -0.25) is 14.6 Å². The number of amides is 3. The predicted molar refractivity (Wildman–Crippen MR) is 182 cm³/mol. The van der Waals surface area contributed by atoms with Crippen molar-refractivity contribution in [2.45, 2.75) is 94.0 Å². The molecule has 12 nitrogen and oxygen atoms in total. The van der Waals surface area contributed by atoms with Gasteiger partial charge in [-0.1, -0.05) is 31.1 Å². The largest absolute Gasteiger partial charge is 0.487 e. The Morgan fingerprint density at radius 3 is 2.71 bits per heavy atom. The smallest absolute Gasteiger partial charge is 0.408 e. The summed E-state index contributed by atoms with van der Waals surface area (Å²) >= 11 is 1.49. The zero-order valence-electron chi connectivity index (χ0n) is 27.5. The highest BCUT2D eigenvalue weighted by atomic mass is 32.1. The SMILES string of the molecule is COC(=O)[C@@]12C[C@H]1/C=C\CCCCC[C@H](NC(=O)OC1CCC1)C(=O)N1C[C@H](Oc3cc(-c4ccccn4)nc4ccsc34)C[C@H]1C(=O)N2. The van der Waals surface area contributed by atoms with E-state index >= 15 is 0 Å². The fourth-order valence-corrected chi connectivity index (χ4v) is 7.76. The number of carbonyl (C=O) groups is 4. The highest BCUT2D eigenvalue weighted by Gasteiger charge is 2.62. The predicted octanol–water partition coefficient (Wildman–Crippen LogP) is 4.92. The zero-order valence-corrected chi connectivity index (χ0v) is 28.3. The fourth-order valence-electron chi connectivity index (χ4n) is 6.97. The number of aromatic nitrogens is 2. The van der Waals surface area contributed by atoms with Gasteiger partial charge in [0.2, 0.25) is 11.8 Å². The first-order valence-electron chi connectivity index (χ1n) is 17.2. The minimum Gasteiger partial charge on any atom is -0.487 e. The molecule has 0 radical (unpaired) electrons. The molecule has 0 bridgehead atoms. The molecule has 7 rings (SSSR count). The maximum Gasteiger partial charge on any atom is 0.408 e. The highest BCUT2D eigenvalue weighted by Crippen LogP contribution is 2.46. The highest BCUT2D eigenvalue weighted by molar-refractivity contribution is 7.17. The van der Waals surface area contributed by atoms with E-state index in [1.165, 1.54) is 23.3 Å². The molecule has 5 atom stereocenters. The van der Waals surface area contributed by atoms with Gasteiger partial charge in [0.1, 0.15) is 35.6 Å². The average Bonchev–Trinajstić information content (AvgIpc) is 3.37. The van der Waals surface area contributed by atoms with Crippen LogP contribution in [0.25, 0.3) is 21.6 Å². The van der Waals surface area contributed by atoms with E-state index < -0.39 is 41.7 Å². The number of nitrogens with zero attached hydrogens (tertiary/aromatic N) is 3. The number of carbonyl (C=O) groups excluding carboxylic acids is 4. The van der Waals surface area contributed by atoms with Gasteiger partial charge in [-0.25, -0.2) is 14.6 Å². The number of hydrogen-bond donors (Lipinski definition) is 2. The molecule has 5 heterocycles. The first kappa shape index (κ1) is 33.0. The summed E-state index contributed by atoms with van der Waals surface area (Å²) in [6, 6.07) is 7.53. The van der Waals surface area contributed by atoms with Gasteiger partial charge >= 0.3 is 12.1 Å². The van der Waals surface area contributed by atoms with Gasteiger partial charge in [-0.15, -0.1) is 11.3 Å². The average molecular weight is 688 g/mol. The molecule has 3 amide bonds. The van der Waals surface area contributed by atoms with Gasteiger partial charge in [0.05, 0.1) is 35.3 Å². The van der Waals surface area contributed by atoms with Crippen LogP contribution in [0.4, 0.5) is 4.79 Å². The summed E-state index contributed by atoms with van der Waals surface area (Å²) in [5.74, 6) is -0.971. The Morgan fingerprint density at radius 2 is 1.94 bits per heavy atom. The number of alkyl carbamates (subject to hydrolysis) is 1. The molecule has 4 aliphatic rings. The van der Waals surface area contributed by atoms with Gasteiger partial charge in [0, 0.05) is 24.6 Å². The van der Waals surface area contributed by atoms with Gasteiger partial charge in [-0.2, -0.15) is 0 Å². The van der Waals surface area contributed by atoms with E-state index in [0.717, 1.165) is 48.7 Å². The van der Waals surface area contributed by atoms with Crippen molar-refractivity contribution in [2.75, 3.05) is 13.7 Å². The molecule has 258 valence electrons. The maximum atomic E-state index is 14.4. The molecule has 2 aliphatic heterocycles. The van der Waals surface area contributed by atoms with Crippen molar-refractivity contribution < 1.29 is 33.4 Å². The van der Waals surface area contributed by atoms with Crippen molar-refractivity contribution in [3.8, 4) is 17.1 Å². The van der Waals surface area contributed by atoms with E-state index in [2.05, 4.69) is 15.6 Å². The number of nitrogens with one attached hydrogen (secondary N) is 2. The number of methoxy groups -OCH3 is 1. The van der Waals surface area contributed by atoms with Crippen molar-refractivity contribution in [3.63, 3.8) is 0 Å². The Hall–Kier alpha value is -4.52. The molecule has 0 spiro atoms. The van der Waals surface area contributed by atoms with E-state index in [0.29, 0.717) is 36.4 Å². The molecule has 2 N–H and O–H groups in total. The van der Waals surface area contributed by atoms with Crippen LogP contribution in [0.15, 0.2) is 54.1 Å². The van der Waals surface area contributed by atoms with Crippen LogP contribution < -0.4 is 15.4 Å². The summed E-state index contributed by atoms with van der Waals surface area (Å²) in [6.07, 6.45) is 11.3. The van der Waals surface area contributed by atoms with Gasteiger partial charge in [0.15, 0.2) is 0 Å². The van der Waals surface area contributed by atoms with E-state index in [-0.39, 0.29) is 30.9 Å². The van der Waals surface area contributed by atoms with Gasteiger partial charge < -0.3 is 29.7 Å². The molecule has 13 heteroatoms. The van der Waals surface area contributed by atoms with Crippen molar-refractivity contribution in [2.24, 2.45) is 5.92 Å². The van der Waals surface area contributed by atoms with E-state index in [1.807, 2.05) is 47.9 Å². The number of hydrogen-bond acceptors (Lipinski definition) is 10. The summed E-state index contributed by atoms with van der Waals surface area (Å²) < 4.78 is 18.1. The molecule has 0 unspecified atom stereocenters. The summed E-state index contributed by atoms with van der Waals surface area (Å²) in [5.41, 5.74) is 0.904. The molecule has 0 aromatic carbocycles. The van der Waals surface area contributed by atoms with Crippen LogP contribution in [0, 0.1) is 5.92 Å². The summed E-state index contributed by atoms with van der Waals surface area (Å²) in [4.78, 5) is 65.2. The topological polar surface area (TPSA) is 149 Å².